The highest BCUT2D eigenvalue weighted by molar-refractivity contribution is 5.85. The van der Waals surface area contributed by atoms with Crippen LogP contribution >= 0.6 is 24.8 Å². The zero-order valence-electron chi connectivity index (χ0n) is 6.80. The molecule has 0 saturated carbocycles. The van der Waals surface area contributed by atoms with E-state index in [4.69, 9.17) is 0 Å². The average Bonchev–Trinajstić information content (AvgIpc) is 2.07. The van der Waals surface area contributed by atoms with Crippen molar-refractivity contribution in [2.75, 3.05) is 26.7 Å². The first kappa shape index (κ1) is 11.5. The molecule has 0 aromatic heterocycles. The smallest absolute Gasteiger partial charge is 0.0455 e. The van der Waals surface area contributed by atoms with Crippen molar-refractivity contribution in [3.63, 3.8) is 0 Å². The molecular formula is C7H16Cl2N2. The van der Waals surface area contributed by atoms with Crippen LogP contribution in [0, 0.1) is 0 Å². The van der Waals surface area contributed by atoms with E-state index in [9.17, 15) is 0 Å². The van der Waals surface area contributed by atoms with E-state index in [1.165, 1.54) is 32.5 Å². The van der Waals surface area contributed by atoms with E-state index in [2.05, 4.69) is 17.3 Å². The molecule has 0 aromatic rings. The van der Waals surface area contributed by atoms with Crippen molar-refractivity contribution in [3.05, 3.63) is 0 Å². The minimum atomic E-state index is 0. The third kappa shape index (κ3) is 1.64. The highest BCUT2D eigenvalue weighted by Gasteiger charge is 2.43. The zero-order valence-corrected chi connectivity index (χ0v) is 8.43. The number of likely N-dealkylation sites (tertiary alicyclic amines) is 1. The Balaban J connectivity index is 0.000000500. The van der Waals surface area contributed by atoms with Gasteiger partial charge in [0.05, 0.1) is 0 Å². The molecule has 1 spiro atoms. The molecule has 0 atom stereocenters. The lowest BCUT2D eigenvalue weighted by molar-refractivity contribution is 0.105. The summed E-state index contributed by atoms with van der Waals surface area (Å²) in [5.41, 5.74) is 0.597. The maximum Gasteiger partial charge on any atom is 0.0455 e. The molecule has 2 heterocycles. The van der Waals surface area contributed by atoms with Crippen molar-refractivity contribution < 1.29 is 0 Å². The molecule has 68 valence electrons. The predicted octanol–water partition coefficient (Wildman–Crippen LogP) is 0.898. The van der Waals surface area contributed by atoms with Crippen LogP contribution in [-0.4, -0.2) is 37.1 Å². The summed E-state index contributed by atoms with van der Waals surface area (Å²) in [6, 6.07) is 0. The lowest BCUT2D eigenvalue weighted by Crippen LogP contribution is -2.65. The third-order valence-corrected chi connectivity index (χ3v) is 2.85. The van der Waals surface area contributed by atoms with Crippen molar-refractivity contribution in [1.29, 1.82) is 0 Å². The highest BCUT2D eigenvalue weighted by Crippen LogP contribution is 2.30. The van der Waals surface area contributed by atoms with Crippen molar-refractivity contribution >= 4 is 24.8 Å². The van der Waals surface area contributed by atoms with E-state index in [1.54, 1.807) is 0 Å². The summed E-state index contributed by atoms with van der Waals surface area (Å²) in [6.45, 7) is 3.76. The molecule has 0 unspecified atom stereocenters. The molecule has 11 heavy (non-hydrogen) atoms. The van der Waals surface area contributed by atoms with E-state index >= 15 is 0 Å². The van der Waals surface area contributed by atoms with Gasteiger partial charge in [0.2, 0.25) is 0 Å². The average molecular weight is 199 g/mol. The van der Waals surface area contributed by atoms with Crippen molar-refractivity contribution in [2.45, 2.75) is 18.4 Å². The normalized spacial score (nSPS) is 27.0. The number of nitrogens with one attached hydrogen (secondary N) is 1. The van der Waals surface area contributed by atoms with Crippen LogP contribution in [0.15, 0.2) is 0 Å². The number of nitrogens with zero attached hydrogens (tertiary/aromatic N) is 1. The summed E-state index contributed by atoms with van der Waals surface area (Å²) < 4.78 is 0. The van der Waals surface area contributed by atoms with Gasteiger partial charge in [-0.05, 0) is 26.4 Å². The number of hydrogen-bond donors (Lipinski definition) is 1. The predicted molar refractivity (Wildman–Crippen MR) is 52.0 cm³/mol. The Morgan fingerprint density at radius 2 is 1.91 bits per heavy atom. The summed E-state index contributed by atoms with van der Waals surface area (Å²) in [4.78, 5) is 2.50. The second-order valence-corrected chi connectivity index (χ2v) is 3.35. The van der Waals surface area contributed by atoms with Crippen LogP contribution in [0.1, 0.15) is 12.8 Å². The molecular weight excluding hydrogens is 183 g/mol. The fraction of sp³-hybridized carbons (Fsp3) is 1.00. The Kier molecular flexibility index (Phi) is 4.12. The van der Waals surface area contributed by atoms with Crippen LogP contribution in [-0.2, 0) is 0 Å². The first-order valence-electron chi connectivity index (χ1n) is 3.75. The topological polar surface area (TPSA) is 15.3 Å². The van der Waals surface area contributed by atoms with Gasteiger partial charge in [0, 0.05) is 18.6 Å². The number of hydrogen-bond acceptors (Lipinski definition) is 2. The van der Waals surface area contributed by atoms with Gasteiger partial charge in [0.25, 0.3) is 0 Å². The second-order valence-electron chi connectivity index (χ2n) is 3.35. The summed E-state index contributed by atoms with van der Waals surface area (Å²) in [5.74, 6) is 0. The van der Waals surface area contributed by atoms with Crippen LogP contribution in [0.3, 0.4) is 0 Å². The molecule has 0 aromatic carbocycles. The Morgan fingerprint density at radius 3 is 2.09 bits per heavy atom. The first-order valence-corrected chi connectivity index (χ1v) is 3.75. The number of likely N-dealkylation sites (N-methyl/N-ethyl adjacent to an activating group) is 1. The van der Waals surface area contributed by atoms with Gasteiger partial charge >= 0.3 is 0 Å². The van der Waals surface area contributed by atoms with Crippen molar-refractivity contribution in [2.24, 2.45) is 0 Å². The molecule has 2 aliphatic rings. The molecule has 1 N–H and O–H groups in total. The molecule has 0 aliphatic carbocycles. The Morgan fingerprint density at radius 1 is 1.27 bits per heavy atom. The van der Waals surface area contributed by atoms with Crippen LogP contribution in [0.25, 0.3) is 0 Å². The van der Waals surface area contributed by atoms with Gasteiger partial charge in [-0.3, -0.25) is 4.90 Å². The number of halogens is 2. The van der Waals surface area contributed by atoms with E-state index < -0.39 is 0 Å². The standard InChI is InChI=1S/C7H14N2.2ClH/c1-9-4-2-3-7(9)5-8-6-7;;/h8H,2-6H2,1H3;2*1H. The SMILES string of the molecule is CN1CCCC12CNC2.Cl.Cl. The zero-order chi connectivity index (χ0) is 6.32. The van der Waals surface area contributed by atoms with Gasteiger partial charge in [-0.2, -0.15) is 0 Å². The quantitative estimate of drug-likeness (QED) is 0.623. The highest BCUT2D eigenvalue weighted by atomic mass is 35.5. The molecule has 0 amide bonds. The molecule has 0 bridgehead atoms. The molecule has 2 nitrogen and oxygen atoms in total. The summed E-state index contributed by atoms with van der Waals surface area (Å²) in [5, 5.41) is 3.33. The summed E-state index contributed by atoms with van der Waals surface area (Å²) >= 11 is 0. The van der Waals surface area contributed by atoms with Gasteiger partial charge in [-0.1, -0.05) is 0 Å². The van der Waals surface area contributed by atoms with E-state index in [-0.39, 0.29) is 24.8 Å². The maximum absolute atomic E-state index is 3.33. The molecule has 2 saturated heterocycles. The minimum absolute atomic E-state index is 0. The summed E-state index contributed by atoms with van der Waals surface area (Å²) in [7, 11) is 2.24. The second kappa shape index (κ2) is 3.94. The number of rotatable bonds is 0. The lowest BCUT2D eigenvalue weighted by Gasteiger charge is -2.44. The monoisotopic (exact) mass is 198 g/mol. The van der Waals surface area contributed by atoms with Gasteiger partial charge in [0.15, 0.2) is 0 Å². The van der Waals surface area contributed by atoms with Crippen LogP contribution in [0.2, 0.25) is 0 Å². The Labute approximate surface area is 80.5 Å². The lowest BCUT2D eigenvalue weighted by atomic mass is 9.90. The molecule has 4 heteroatoms. The molecule has 2 fully saturated rings. The molecule has 2 aliphatic heterocycles. The molecule has 0 radical (unpaired) electrons. The largest absolute Gasteiger partial charge is 0.313 e. The van der Waals surface area contributed by atoms with E-state index in [0.717, 1.165) is 0 Å². The van der Waals surface area contributed by atoms with Gasteiger partial charge < -0.3 is 5.32 Å². The van der Waals surface area contributed by atoms with E-state index in [0.29, 0.717) is 5.54 Å². The third-order valence-electron chi connectivity index (χ3n) is 2.85. The van der Waals surface area contributed by atoms with Gasteiger partial charge in [0.1, 0.15) is 0 Å². The van der Waals surface area contributed by atoms with Crippen LogP contribution in [0.4, 0.5) is 0 Å². The van der Waals surface area contributed by atoms with Crippen LogP contribution in [0.5, 0.6) is 0 Å². The Hall–Kier alpha value is 0.500. The summed E-state index contributed by atoms with van der Waals surface area (Å²) in [6.07, 6.45) is 2.81. The Bertz CT molecular complexity index is 126. The fourth-order valence-corrected chi connectivity index (χ4v) is 1.93. The fourth-order valence-electron chi connectivity index (χ4n) is 1.93. The van der Waals surface area contributed by atoms with Gasteiger partial charge in [-0.25, -0.2) is 0 Å². The first-order chi connectivity index (χ1) is 4.33. The van der Waals surface area contributed by atoms with Crippen LogP contribution < -0.4 is 5.32 Å². The molecule has 2 rings (SSSR count). The maximum atomic E-state index is 3.33. The van der Waals surface area contributed by atoms with E-state index in [1.807, 2.05) is 0 Å². The van der Waals surface area contributed by atoms with Gasteiger partial charge in [-0.15, -0.1) is 24.8 Å². The van der Waals surface area contributed by atoms with Crippen molar-refractivity contribution in [3.8, 4) is 0 Å². The minimum Gasteiger partial charge on any atom is -0.313 e. The van der Waals surface area contributed by atoms with Crippen molar-refractivity contribution in [1.82, 2.24) is 10.2 Å².